The molecule has 1 atom stereocenters. The number of ether oxygens (including phenoxy) is 1. The highest BCUT2D eigenvalue weighted by Gasteiger charge is 2.30. The molecule has 1 saturated heterocycles. The van der Waals surface area contributed by atoms with Crippen LogP contribution in [-0.2, 0) is 21.2 Å². The molecule has 2 aliphatic rings. The second kappa shape index (κ2) is 6.02. The van der Waals surface area contributed by atoms with Crippen LogP contribution in [0.5, 0.6) is 0 Å². The Bertz CT molecular complexity index is 611. The Balaban J connectivity index is 1.68. The first kappa shape index (κ1) is 14.9. The van der Waals surface area contributed by atoms with Crippen LogP contribution < -0.4 is 4.72 Å². The molecule has 1 heterocycles. The third-order valence-corrected chi connectivity index (χ3v) is 5.89. The van der Waals surface area contributed by atoms with Crippen molar-refractivity contribution in [1.29, 1.82) is 0 Å². The maximum absolute atomic E-state index is 13.7. The number of hydrogen-bond acceptors (Lipinski definition) is 3. The van der Waals surface area contributed by atoms with Crippen molar-refractivity contribution in [3.05, 3.63) is 35.1 Å². The van der Waals surface area contributed by atoms with Gasteiger partial charge in [-0.05, 0) is 48.8 Å². The smallest absolute Gasteiger partial charge is 0.212 e. The monoisotopic (exact) mass is 313 g/mol. The van der Waals surface area contributed by atoms with Gasteiger partial charge in [-0.2, -0.15) is 0 Å². The largest absolute Gasteiger partial charge is 0.381 e. The molecule has 0 spiro atoms. The van der Waals surface area contributed by atoms with Crippen LogP contribution in [0.2, 0.25) is 0 Å². The fourth-order valence-electron chi connectivity index (χ4n) is 3.22. The molecule has 3 rings (SSSR count). The van der Waals surface area contributed by atoms with Crippen molar-refractivity contribution < 1.29 is 17.5 Å². The quantitative estimate of drug-likeness (QED) is 0.927. The summed E-state index contributed by atoms with van der Waals surface area (Å²) in [5, 5.41) is 0. The lowest BCUT2D eigenvalue weighted by Crippen LogP contribution is -2.34. The first-order chi connectivity index (χ1) is 10.1. The number of benzene rings is 1. The van der Waals surface area contributed by atoms with Crippen LogP contribution in [0.15, 0.2) is 18.2 Å². The summed E-state index contributed by atoms with van der Waals surface area (Å²) in [6.07, 6.45) is 2.79. The van der Waals surface area contributed by atoms with Crippen molar-refractivity contribution in [3.63, 3.8) is 0 Å². The number of hydrogen-bond donors (Lipinski definition) is 1. The number of rotatable bonds is 4. The predicted molar refractivity (Wildman–Crippen MR) is 77.9 cm³/mol. The van der Waals surface area contributed by atoms with Gasteiger partial charge >= 0.3 is 0 Å². The predicted octanol–water partition coefficient (Wildman–Crippen LogP) is 2.16. The fraction of sp³-hybridized carbons (Fsp3) is 0.600. The number of nitrogens with one attached hydrogen (secondary N) is 1. The van der Waals surface area contributed by atoms with Crippen molar-refractivity contribution in [2.24, 2.45) is 5.92 Å². The molecule has 1 unspecified atom stereocenters. The van der Waals surface area contributed by atoms with Gasteiger partial charge in [0, 0.05) is 19.3 Å². The minimum atomic E-state index is -3.35. The van der Waals surface area contributed by atoms with Gasteiger partial charge in [0.2, 0.25) is 10.0 Å². The summed E-state index contributed by atoms with van der Waals surface area (Å²) in [7, 11) is -3.35. The van der Waals surface area contributed by atoms with Crippen LogP contribution in [0.3, 0.4) is 0 Å². The standard InChI is InChI=1S/C15H20FNO3S/c16-14-3-1-2-13-12(14)4-5-15(13)17-21(18,19)10-11-6-8-20-9-7-11/h1-3,11,15,17H,4-10H2. The number of sulfonamides is 1. The zero-order valence-corrected chi connectivity index (χ0v) is 12.7. The highest BCUT2D eigenvalue weighted by atomic mass is 32.2. The molecule has 1 aromatic carbocycles. The van der Waals surface area contributed by atoms with E-state index < -0.39 is 10.0 Å². The lowest BCUT2D eigenvalue weighted by Gasteiger charge is -2.23. The van der Waals surface area contributed by atoms with Gasteiger partial charge in [-0.25, -0.2) is 17.5 Å². The second-order valence-electron chi connectivity index (χ2n) is 5.85. The van der Waals surface area contributed by atoms with Crippen LogP contribution in [0, 0.1) is 11.7 Å². The van der Waals surface area contributed by atoms with E-state index in [2.05, 4.69) is 4.72 Å². The van der Waals surface area contributed by atoms with E-state index in [4.69, 9.17) is 4.74 Å². The Morgan fingerprint density at radius 3 is 2.76 bits per heavy atom. The second-order valence-corrected chi connectivity index (χ2v) is 7.65. The summed E-state index contributed by atoms with van der Waals surface area (Å²) in [5.41, 5.74) is 1.43. The summed E-state index contributed by atoms with van der Waals surface area (Å²) in [5.74, 6) is 0.0561. The average Bonchev–Trinajstić information content (AvgIpc) is 2.83. The van der Waals surface area contributed by atoms with E-state index in [1.165, 1.54) is 6.07 Å². The molecule has 1 fully saturated rings. The molecule has 6 heteroatoms. The topological polar surface area (TPSA) is 55.4 Å². The zero-order valence-electron chi connectivity index (χ0n) is 11.8. The molecule has 4 nitrogen and oxygen atoms in total. The van der Waals surface area contributed by atoms with E-state index in [1.807, 2.05) is 6.07 Å². The maximum atomic E-state index is 13.7. The molecular formula is C15H20FNO3S. The Labute approximate surface area is 124 Å². The highest BCUT2D eigenvalue weighted by molar-refractivity contribution is 7.89. The van der Waals surface area contributed by atoms with E-state index in [0.29, 0.717) is 31.6 Å². The number of fused-ring (bicyclic) bond motifs is 1. The zero-order chi connectivity index (χ0) is 14.9. The van der Waals surface area contributed by atoms with Crippen molar-refractivity contribution in [1.82, 2.24) is 4.72 Å². The molecule has 0 bridgehead atoms. The molecule has 1 aliphatic carbocycles. The van der Waals surface area contributed by atoms with Gasteiger partial charge in [-0.1, -0.05) is 12.1 Å². The molecule has 1 N–H and O–H groups in total. The number of halogens is 1. The van der Waals surface area contributed by atoms with Crippen molar-refractivity contribution in [2.45, 2.75) is 31.7 Å². The summed E-state index contributed by atoms with van der Waals surface area (Å²) >= 11 is 0. The van der Waals surface area contributed by atoms with E-state index >= 15 is 0 Å². The van der Waals surface area contributed by atoms with Crippen LogP contribution >= 0.6 is 0 Å². The third kappa shape index (κ3) is 3.44. The van der Waals surface area contributed by atoms with Crippen molar-refractivity contribution in [3.8, 4) is 0 Å². The van der Waals surface area contributed by atoms with E-state index in [9.17, 15) is 12.8 Å². The summed E-state index contributed by atoms with van der Waals surface area (Å²) < 4.78 is 46.3. The summed E-state index contributed by atoms with van der Waals surface area (Å²) in [6, 6.07) is 4.59. The Hall–Kier alpha value is -0.980. The normalized spacial score (nSPS) is 23.2. The molecule has 116 valence electrons. The average molecular weight is 313 g/mol. The Kier molecular flexibility index (Phi) is 4.28. The minimum Gasteiger partial charge on any atom is -0.381 e. The first-order valence-electron chi connectivity index (χ1n) is 7.40. The van der Waals surface area contributed by atoms with E-state index in [1.54, 1.807) is 6.07 Å². The molecule has 0 amide bonds. The Morgan fingerprint density at radius 2 is 2.00 bits per heavy atom. The minimum absolute atomic E-state index is 0.136. The molecule has 0 aromatic heterocycles. The summed E-state index contributed by atoms with van der Waals surface area (Å²) in [4.78, 5) is 0. The van der Waals surface area contributed by atoms with Crippen molar-refractivity contribution in [2.75, 3.05) is 19.0 Å². The van der Waals surface area contributed by atoms with Gasteiger partial charge < -0.3 is 4.74 Å². The van der Waals surface area contributed by atoms with Gasteiger partial charge in [-0.15, -0.1) is 0 Å². The van der Waals surface area contributed by atoms with Gasteiger partial charge in [0.15, 0.2) is 0 Å². The molecule has 1 aromatic rings. The lowest BCUT2D eigenvalue weighted by atomic mass is 10.0. The van der Waals surface area contributed by atoms with Gasteiger partial charge in [0.05, 0.1) is 5.75 Å². The molecule has 0 radical (unpaired) electrons. The molecule has 1 aliphatic heterocycles. The van der Waals surface area contributed by atoms with Crippen LogP contribution in [0.25, 0.3) is 0 Å². The van der Waals surface area contributed by atoms with E-state index in [0.717, 1.165) is 18.4 Å². The Morgan fingerprint density at radius 1 is 1.24 bits per heavy atom. The van der Waals surface area contributed by atoms with Gasteiger partial charge in [0.25, 0.3) is 0 Å². The fourth-order valence-corrected chi connectivity index (χ4v) is 4.95. The lowest BCUT2D eigenvalue weighted by molar-refractivity contribution is 0.0723. The maximum Gasteiger partial charge on any atom is 0.212 e. The van der Waals surface area contributed by atoms with Crippen LogP contribution in [0.4, 0.5) is 4.39 Å². The third-order valence-electron chi connectivity index (χ3n) is 4.33. The summed E-state index contributed by atoms with van der Waals surface area (Å²) in [6.45, 7) is 1.27. The molecular weight excluding hydrogens is 293 g/mol. The first-order valence-corrected chi connectivity index (χ1v) is 9.05. The molecule has 0 saturated carbocycles. The van der Waals surface area contributed by atoms with Crippen LogP contribution in [-0.4, -0.2) is 27.4 Å². The van der Waals surface area contributed by atoms with E-state index in [-0.39, 0.29) is 23.5 Å². The van der Waals surface area contributed by atoms with Gasteiger partial charge in [-0.3, -0.25) is 0 Å². The highest BCUT2D eigenvalue weighted by Crippen LogP contribution is 2.33. The van der Waals surface area contributed by atoms with Gasteiger partial charge in [0.1, 0.15) is 5.82 Å². The van der Waals surface area contributed by atoms with Crippen LogP contribution in [0.1, 0.15) is 36.4 Å². The van der Waals surface area contributed by atoms with Crippen molar-refractivity contribution >= 4 is 10.0 Å². The molecule has 21 heavy (non-hydrogen) atoms. The SMILES string of the molecule is O=S(=O)(CC1CCOCC1)NC1CCc2c(F)cccc21.